The quantitative estimate of drug-likeness (QED) is 0.408. The lowest BCUT2D eigenvalue weighted by Gasteiger charge is -2.15. The van der Waals surface area contributed by atoms with Crippen LogP contribution in [-0.4, -0.2) is 36.3 Å². The van der Waals surface area contributed by atoms with Crippen LogP contribution in [0, 0.1) is 6.92 Å². The molecule has 160 valence electrons. The van der Waals surface area contributed by atoms with E-state index in [1.54, 1.807) is 57.9 Å². The van der Waals surface area contributed by atoms with Gasteiger partial charge in [-0.15, -0.1) is 0 Å². The Bertz CT molecular complexity index is 1270. The number of fused-ring (bicyclic) bond motifs is 1. The number of aromatic nitrogens is 3. The van der Waals surface area contributed by atoms with Gasteiger partial charge in [0.2, 0.25) is 11.7 Å². The minimum Gasteiger partial charge on any atom is -0.493 e. The Balaban J connectivity index is 1.62. The normalized spacial score (nSPS) is 10.7. The number of oxazole rings is 1. The molecule has 0 aliphatic heterocycles. The predicted molar refractivity (Wildman–Crippen MR) is 116 cm³/mol. The summed E-state index contributed by atoms with van der Waals surface area (Å²) in [5.74, 6) is 2.00. The third kappa shape index (κ3) is 4.08. The molecule has 0 bridgehead atoms. The van der Waals surface area contributed by atoms with Crippen LogP contribution in [0.2, 0.25) is 0 Å². The van der Waals surface area contributed by atoms with E-state index < -0.39 is 5.76 Å². The van der Waals surface area contributed by atoms with Crippen LogP contribution >= 0.6 is 0 Å². The van der Waals surface area contributed by atoms with Crippen LogP contribution in [0.25, 0.3) is 11.1 Å². The Kier molecular flexibility index (Phi) is 5.35. The van der Waals surface area contributed by atoms with E-state index in [9.17, 15) is 4.79 Å². The molecule has 10 nitrogen and oxygen atoms in total. The summed E-state index contributed by atoms with van der Waals surface area (Å²) in [7, 11) is 4.65. The smallest absolute Gasteiger partial charge is 0.417 e. The Morgan fingerprint density at radius 3 is 2.39 bits per heavy atom. The minimum atomic E-state index is -0.498. The number of rotatable bonds is 7. The molecule has 0 fully saturated rings. The highest BCUT2D eigenvalue weighted by molar-refractivity contribution is 5.78. The maximum Gasteiger partial charge on any atom is 0.417 e. The van der Waals surface area contributed by atoms with Crippen molar-refractivity contribution in [3.05, 3.63) is 52.6 Å². The van der Waals surface area contributed by atoms with Crippen molar-refractivity contribution in [1.82, 2.24) is 15.0 Å². The first-order chi connectivity index (χ1) is 15.0. The monoisotopic (exact) mass is 423 g/mol. The van der Waals surface area contributed by atoms with Gasteiger partial charge in [0.05, 0.1) is 26.8 Å². The summed E-state index contributed by atoms with van der Waals surface area (Å²) in [5.41, 5.74) is 3.33. The summed E-state index contributed by atoms with van der Waals surface area (Å²) < 4.78 is 21.2. The fourth-order valence-corrected chi connectivity index (χ4v) is 3.08. The van der Waals surface area contributed by atoms with Gasteiger partial charge in [0.1, 0.15) is 5.82 Å². The average Bonchev–Trinajstić information content (AvgIpc) is 3.14. The van der Waals surface area contributed by atoms with Gasteiger partial charge in [-0.2, -0.15) is 4.98 Å². The van der Waals surface area contributed by atoms with Crippen LogP contribution in [0.5, 0.6) is 17.2 Å². The molecule has 0 radical (unpaired) electrons. The van der Waals surface area contributed by atoms with Crippen molar-refractivity contribution in [2.24, 2.45) is 0 Å². The summed E-state index contributed by atoms with van der Waals surface area (Å²) in [6.45, 7) is 1.89. The maximum atomic E-state index is 11.4. The Morgan fingerprint density at radius 2 is 1.71 bits per heavy atom. The molecule has 0 amide bonds. The van der Waals surface area contributed by atoms with Gasteiger partial charge in [0, 0.05) is 35.3 Å². The van der Waals surface area contributed by atoms with Crippen molar-refractivity contribution in [1.29, 1.82) is 0 Å². The van der Waals surface area contributed by atoms with Crippen LogP contribution in [0.4, 0.5) is 23.1 Å². The molecule has 31 heavy (non-hydrogen) atoms. The fraction of sp³-hybridized carbons (Fsp3) is 0.190. The molecule has 0 unspecified atom stereocenters. The number of benzene rings is 2. The van der Waals surface area contributed by atoms with E-state index in [4.69, 9.17) is 18.6 Å². The SMILES string of the molecule is COc1cc(Nc2ncc(C)c(Nc3ccc4oc(=O)[nH]c4c3)n2)cc(OC)c1OC. The zero-order valence-electron chi connectivity index (χ0n) is 17.4. The van der Waals surface area contributed by atoms with Gasteiger partial charge in [-0.05, 0) is 25.1 Å². The van der Waals surface area contributed by atoms with Crippen LogP contribution in [0.1, 0.15) is 5.56 Å². The zero-order valence-corrected chi connectivity index (χ0v) is 17.4. The van der Waals surface area contributed by atoms with Crippen molar-refractivity contribution in [2.75, 3.05) is 32.0 Å². The van der Waals surface area contributed by atoms with Crippen molar-refractivity contribution in [3.63, 3.8) is 0 Å². The second kappa shape index (κ2) is 8.27. The van der Waals surface area contributed by atoms with Gasteiger partial charge in [-0.1, -0.05) is 0 Å². The summed E-state index contributed by atoms with van der Waals surface area (Å²) in [5, 5.41) is 6.39. The molecule has 0 atom stereocenters. The highest BCUT2D eigenvalue weighted by atomic mass is 16.5. The van der Waals surface area contributed by atoms with Crippen molar-refractivity contribution >= 4 is 34.2 Å². The van der Waals surface area contributed by atoms with Crippen LogP contribution in [0.15, 0.2) is 45.7 Å². The predicted octanol–water partition coefficient (Wildman–Crippen LogP) is 3.73. The average molecular weight is 423 g/mol. The molecule has 0 spiro atoms. The van der Waals surface area contributed by atoms with Gasteiger partial charge >= 0.3 is 5.76 Å². The molecule has 2 aromatic carbocycles. The first kappa shape index (κ1) is 20.1. The van der Waals surface area contributed by atoms with Crippen LogP contribution in [0.3, 0.4) is 0 Å². The van der Waals surface area contributed by atoms with Crippen molar-refractivity contribution in [3.8, 4) is 17.2 Å². The lowest BCUT2D eigenvalue weighted by molar-refractivity contribution is 0.324. The molecule has 4 aromatic rings. The van der Waals surface area contributed by atoms with Crippen molar-refractivity contribution in [2.45, 2.75) is 6.92 Å². The van der Waals surface area contributed by atoms with E-state index in [0.717, 1.165) is 11.3 Å². The summed E-state index contributed by atoms with van der Waals surface area (Å²) in [6.07, 6.45) is 1.70. The number of anilines is 4. The number of nitrogens with zero attached hydrogens (tertiary/aromatic N) is 2. The largest absolute Gasteiger partial charge is 0.493 e. The zero-order chi connectivity index (χ0) is 22.0. The third-order valence-corrected chi connectivity index (χ3v) is 4.57. The van der Waals surface area contributed by atoms with Crippen molar-refractivity contribution < 1.29 is 18.6 Å². The summed E-state index contributed by atoms with van der Waals surface area (Å²) in [4.78, 5) is 22.9. The number of methoxy groups -OCH3 is 3. The van der Waals surface area contributed by atoms with Gasteiger partial charge in [-0.25, -0.2) is 9.78 Å². The van der Waals surface area contributed by atoms with E-state index in [1.165, 1.54) is 0 Å². The van der Waals surface area contributed by atoms with Crippen LogP contribution < -0.4 is 30.6 Å². The molecule has 0 aliphatic carbocycles. The molecule has 2 aromatic heterocycles. The molecule has 4 rings (SSSR count). The Morgan fingerprint density at radius 1 is 0.968 bits per heavy atom. The van der Waals surface area contributed by atoms with E-state index in [1.807, 2.05) is 6.92 Å². The standard InChI is InChI=1S/C21H21N5O5/c1-11-10-22-20(24-13-8-16(28-2)18(30-4)17(9-13)29-3)26-19(11)23-12-5-6-15-14(7-12)25-21(27)31-15/h5-10H,1-4H3,(H,25,27)(H2,22,23,24,26). The van der Waals surface area contributed by atoms with E-state index in [2.05, 4.69) is 25.6 Å². The van der Waals surface area contributed by atoms with E-state index in [-0.39, 0.29) is 0 Å². The van der Waals surface area contributed by atoms with E-state index in [0.29, 0.717) is 45.8 Å². The lowest BCUT2D eigenvalue weighted by Crippen LogP contribution is -2.03. The maximum absolute atomic E-state index is 11.4. The second-order valence-corrected chi connectivity index (χ2v) is 6.61. The minimum absolute atomic E-state index is 0.375. The Hall–Kier alpha value is -4.21. The highest BCUT2D eigenvalue weighted by Gasteiger charge is 2.14. The fourth-order valence-electron chi connectivity index (χ4n) is 3.08. The number of nitrogens with one attached hydrogen (secondary N) is 3. The first-order valence-corrected chi connectivity index (χ1v) is 9.31. The van der Waals surface area contributed by atoms with E-state index >= 15 is 0 Å². The second-order valence-electron chi connectivity index (χ2n) is 6.61. The molecule has 0 saturated heterocycles. The molecule has 2 heterocycles. The van der Waals surface area contributed by atoms with Crippen LogP contribution in [-0.2, 0) is 0 Å². The molecule has 0 saturated carbocycles. The number of aromatic amines is 1. The number of H-pyrrole nitrogens is 1. The topological polar surface area (TPSA) is 124 Å². The number of aryl methyl sites for hydroxylation is 1. The molecular weight excluding hydrogens is 402 g/mol. The molecule has 10 heteroatoms. The first-order valence-electron chi connectivity index (χ1n) is 9.31. The number of hydrogen-bond acceptors (Lipinski definition) is 9. The molecule has 0 aliphatic rings. The van der Waals surface area contributed by atoms with Gasteiger partial charge in [0.15, 0.2) is 17.1 Å². The number of ether oxygens (including phenoxy) is 3. The highest BCUT2D eigenvalue weighted by Crippen LogP contribution is 2.40. The third-order valence-electron chi connectivity index (χ3n) is 4.57. The molecule has 3 N–H and O–H groups in total. The molecular formula is C21H21N5O5. The lowest BCUT2D eigenvalue weighted by atomic mass is 10.2. The Labute approximate surface area is 177 Å². The summed E-state index contributed by atoms with van der Waals surface area (Å²) >= 11 is 0. The van der Waals surface area contributed by atoms with Gasteiger partial charge < -0.3 is 29.3 Å². The number of hydrogen-bond donors (Lipinski definition) is 3. The van der Waals surface area contributed by atoms with Gasteiger partial charge in [-0.3, -0.25) is 4.98 Å². The van der Waals surface area contributed by atoms with Gasteiger partial charge in [0.25, 0.3) is 0 Å². The summed E-state index contributed by atoms with van der Waals surface area (Å²) in [6, 6.07) is 8.81.